The molecule has 37 heavy (non-hydrogen) atoms. The van der Waals surface area contributed by atoms with E-state index in [1.807, 2.05) is 0 Å². The number of hydrogen-bond donors (Lipinski definition) is 1. The molecular formula is C28H24F2N2O4S. The van der Waals surface area contributed by atoms with Crippen LogP contribution in [0.1, 0.15) is 11.1 Å². The third-order valence-corrected chi connectivity index (χ3v) is 7.25. The first-order valence-electron chi connectivity index (χ1n) is 11.4. The van der Waals surface area contributed by atoms with Crippen LogP contribution in [0, 0.1) is 11.6 Å². The Morgan fingerprint density at radius 2 is 1.32 bits per heavy atom. The molecule has 0 spiro atoms. The number of rotatable bonds is 10. The molecule has 0 aliphatic carbocycles. The normalized spacial score (nSPS) is 11.1. The number of hydrogen-bond acceptors (Lipinski definition) is 4. The first-order chi connectivity index (χ1) is 17.8. The van der Waals surface area contributed by atoms with Gasteiger partial charge in [0.2, 0.25) is 5.91 Å². The minimum atomic E-state index is -4.12. The van der Waals surface area contributed by atoms with Crippen molar-refractivity contribution >= 4 is 21.6 Å². The van der Waals surface area contributed by atoms with Crippen LogP contribution in [0.5, 0.6) is 5.75 Å². The second-order valence-corrected chi connectivity index (χ2v) is 10.00. The lowest BCUT2D eigenvalue weighted by molar-refractivity contribution is -0.119. The third-order valence-electron chi connectivity index (χ3n) is 5.46. The van der Waals surface area contributed by atoms with Crippen molar-refractivity contribution in [2.24, 2.45) is 0 Å². The lowest BCUT2D eigenvalue weighted by Crippen LogP contribution is -2.40. The summed E-state index contributed by atoms with van der Waals surface area (Å²) < 4.78 is 59.6. The van der Waals surface area contributed by atoms with E-state index in [0.717, 1.165) is 39.7 Å². The molecule has 0 atom stereocenters. The van der Waals surface area contributed by atoms with Crippen LogP contribution in [0.2, 0.25) is 0 Å². The second-order valence-electron chi connectivity index (χ2n) is 8.14. The maximum atomic E-state index is 13.3. The number of sulfonamides is 1. The topological polar surface area (TPSA) is 75.7 Å². The van der Waals surface area contributed by atoms with E-state index in [1.54, 1.807) is 66.7 Å². The number of carbonyl (C=O) groups excluding carboxylic acids is 1. The number of carbonyl (C=O) groups is 1. The zero-order valence-electron chi connectivity index (χ0n) is 19.7. The van der Waals surface area contributed by atoms with E-state index >= 15 is 0 Å². The fourth-order valence-corrected chi connectivity index (χ4v) is 4.90. The molecule has 0 saturated carbocycles. The summed E-state index contributed by atoms with van der Waals surface area (Å²) in [6.07, 6.45) is 0. The average Bonchev–Trinajstić information content (AvgIpc) is 2.91. The predicted molar refractivity (Wildman–Crippen MR) is 136 cm³/mol. The van der Waals surface area contributed by atoms with Gasteiger partial charge in [-0.2, -0.15) is 0 Å². The summed E-state index contributed by atoms with van der Waals surface area (Å²) in [7, 11) is -4.12. The third kappa shape index (κ3) is 6.92. The Labute approximate surface area is 214 Å². The van der Waals surface area contributed by atoms with Gasteiger partial charge < -0.3 is 10.1 Å². The SMILES string of the molecule is O=C(CN(c1ccccc1)S(=O)(=O)c1ccc(F)cc1)NCc1ccc(OCc2ccc(F)cc2)cc1. The highest BCUT2D eigenvalue weighted by Gasteiger charge is 2.27. The first-order valence-corrected chi connectivity index (χ1v) is 12.8. The number of benzene rings is 4. The molecule has 1 amide bonds. The van der Waals surface area contributed by atoms with Crippen molar-refractivity contribution in [3.63, 3.8) is 0 Å². The quantitative estimate of drug-likeness (QED) is 0.316. The zero-order chi connectivity index (χ0) is 26.3. The Balaban J connectivity index is 1.38. The Morgan fingerprint density at radius 3 is 1.95 bits per heavy atom. The van der Waals surface area contributed by atoms with E-state index in [9.17, 15) is 22.0 Å². The van der Waals surface area contributed by atoms with Crippen LogP contribution in [0.4, 0.5) is 14.5 Å². The van der Waals surface area contributed by atoms with Crippen molar-refractivity contribution < 1.29 is 26.7 Å². The Hall–Kier alpha value is -4.24. The van der Waals surface area contributed by atoms with Crippen molar-refractivity contribution in [2.45, 2.75) is 18.0 Å². The van der Waals surface area contributed by atoms with Gasteiger partial charge in [0.25, 0.3) is 10.0 Å². The van der Waals surface area contributed by atoms with Gasteiger partial charge in [-0.1, -0.05) is 42.5 Å². The smallest absolute Gasteiger partial charge is 0.264 e. The molecule has 0 radical (unpaired) electrons. The molecule has 4 aromatic rings. The molecule has 0 fully saturated rings. The molecule has 1 N–H and O–H groups in total. The fourth-order valence-electron chi connectivity index (χ4n) is 3.48. The van der Waals surface area contributed by atoms with Gasteiger partial charge in [0, 0.05) is 6.54 Å². The molecule has 0 aliphatic heterocycles. The van der Waals surface area contributed by atoms with Gasteiger partial charge in [-0.3, -0.25) is 9.10 Å². The van der Waals surface area contributed by atoms with Gasteiger partial charge in [0.15, 0.2) is 0 Å². The van der Waals surface area contributed by atoms with Crippen LogP contribution < -0.4 is 14.4 Å². The van der Waals surface area contributed by atoms with Gasteiger partial charge >= 0.3 is 0 Å². The minimum absolute atomic E-state index is 0.123. The van der Waals surface area contributed by atoms with Crippen LogP contribution in [-0.2, 0) is 28.0 Å². The van der Waals surface area contributed by atoms with Crippen molar-refractivity contribution in [1.29, 1.82) is 0 Å². The van der Waals surface area contributed by atoms with Crippen molar-refractivity contribution in [3.8, 4) is 5.75 Å². The largest absolute Gasteiger partial charge is 0.489 e. The highest BCUT2D eigenvalue weighted by atomic mass is 32.2. The number of para-hydroxylation sites is 1. The maximum Gasteiger partial charge on any atom is 0.264 e. The maximum absolute atomic E-state index is 13.3. The number of halogens is 2. The summed E-state index contributed by atoms with van der Waals surface area (Å²) >= 11 is 0. The van der Waals surface area contributed by atoms with Crippen LogP contribution >= 0.6 is 0 Å². The lowest BCUT2D eigenvalue weighted by Gasteiger charge is -2.24. The second kappa shape index (κ2) is 11.7. The molecule has 4 aromatic carbocycles. The molecule has 0 aromatic heterocycles. The molecule has 0 aliphatic rings. The van der Waals surface area contributed by atoms with Crippen molar-refractivity contribution in [1.82, 2.24) is 5.32 Å². The van der Waals surface area contributed by atoms with Gasteiger partial charge in [-0.25, -0.2) is 17.2 Å². The van der Waals surface area contributed by atoms with Crippen molar-refractivity contribution in [3.05, 3.63) is 126 Å². The lowest BCUT2D eigenvalue weighted by atomic mass is 10.2. The summed E-state index contributed by atoms with van der Waals surface area (Å²) in [4.78, 5) is 12.6. The summed E-state index contributed by atoms with van der Waals surface area (Å²) in [6.45, 7) is 0.00705. The summed E-state index contributed by atoms with van der Waals surface area (Å²) in [5.41, 5.74) is 1.93. The number of amides is 1. The number of anilines is 1. The number of nitrogens with one attached hydrogen (secondary N) is 1. The molecule has 0 unspecified atom stereocenters. The van der Waals surface area contributed by atoms with E-state index in [0.29, 0.717) is 11.4 Å². The molecule has 0 bridgehead atoms. The molecule has 4 rings (SSSR count). The summed E-state index contributed by atoms with van der Waals surface area (Å²) in [5.74, 6) is -0.767. The standard InChI is InChI=1S/C28H24F2N2O4S/c29-23-10-6-22(7-11-23)20-36-26-14-8-21(9-15-26)18-31-28(33)19-32(25-4-2-1-3-5-25)37(34,35)27-16-12-24(30)13-17-27/h1-17H,18-20H2,(H,31,33). The van der Waals surface area contributed by atoms with Crippen molar-refractivity contribution in [2.75, 3.05) is 10.8 Å². The van der Waals surface area contributed by atoms with Gasteiger partial charge in [-0.05, 0) is 71.8 Å². The van der Waals surface area contributed by atoms with Gasteiger partial charge in [-0.15, -0.1) is 0 Å². The minimum Gasteiger partial charge on any atom is -0.489 e. The molecule has 0 heterocycles. The van der Waals surface area contributed by atoms with E-state index in [1.165, 1.54) is 12.1 Å². The molecule has 0 saturated heterocycles. The first kappa shape index (κ1) is 25.8. The number of ether oxygens (including phenoxy) is 1. The molecule has 190 valence electrons. The van der Waals surface area contributed by atoms with Gasteiger partial charge in [0.05, 0.1) is 10.6 Å². The predicted octanol–water partition coefficient (Wildman–Crippen LogP) is 5.06. The molecule has 9 heteroatoms. The average molecular weight is 523 g/mol. The Kier molecular flexibility index (Phi) is 8.15. The highest BCUT2D eigenvalue weighted by molar-refractivity contribution is 7.92. The van der Waals surface area contributed by atoms with E-state index in [2.05, 4.69) is 5.32 Å². The van der Waals surface area contributed by atoms with Gasteiger partial charge in [0.1, 0.15) is 30.5 Å². The zero-order valence-corrected chi connectivity index (χ0v) is 20.5. The van der Waals surface area contributed by atoms with E-state index < -0.39 is 28.3 Å². The number of nitrogens with zero attached hydrogens (tertiary/aromatic N) is 1. The van der Waals surface area contributed by atoms with Crippen LogP contribution in [0.15, 0.2) is 108 Å². The Morgan fingerprint density at radius 1 is 0.757 bits per heavy atom. The Bertz CT molecular complexity index is 1430. The monoisotopic (exact) mass is 522 g/mol. The summed E-state index contributed by atoms with van der Waals surface area (Å²) in [6, 6.07) is 25.8. The highest BCUT2D eigenvalue weighted by Crippen LogP contribution is 2.23. The van der Waals surface area contributed by atoms with Crippen LogP contribution in [0.25, 0.3) is 0 Å². The van der Waals surface area contributed by atoms with E-state index in [4.69, 9.17) is 4.74 Å². The fraction of sp³-hybridized carbons (Fsp3) is 0.107. The van der Waals surface area contributed by atoms with Crippen LogP contribution in [0.3, 0.4) is 0 Å². The molecule has 6 nitrogen and oxygen atoms in total. The van der Waals surface area contributed by atoms with Crippen LogP contribution in [-0.4, -0.2) is 20.9 Å². The molecular weight excluding hydrogens is 498 g/mol. The van der Waals surface area contributed by atoms with E-state index in [-0.39, 0.29) is 23.9 Å². The summed E-state index contributed by atoms with van der Waals surface area (Å²) in [5, 5.41) is 2.73.